The van der Waals surface area contributed by atoms with Gasteiger partial charge in [0.1, 0.15) is 5.75 Å². The fraction of sp³-hybridized carbons (Fsp3) is 0.273. The van der Waals surface area contributed by atoms with E-state index in [0.29, 0.717) is 17.9 Å². The van der Waals surface area contributed by atoms with Gasteiger partial charge in [-0.05, 0) is 17.7 Å². The summed E-state index contributed by atoms with van der Waals surface area (Å²) in [5.41, 5.74) is 1.54. The molecule has 0 bridgehead atoms. The van der Waals surface area contributed by atoms with Crippen LogP contribution in [-0.4, -0.2) is 19.1 Å². The van der Waals surface area contributed by atoms with Crippen molar-refractivity contribution in [2.45, 2.75) is 6.61 Å². The van der Waals surface area contributed by atoms with Gasteiger partial charge in [0.15, 0.2) is 0 Å². The molecule has 0 atom stereocenters. The molecule has 0 fully saturated rings. The molecule has 0 aliphatic heterocycles. The molecular weight excluding hydrogens is 290 g/mol. The van der Waals surface area contributed by atoms with Crippen molar-refractivity contribution in [1.29, 1.82) is 0 Å². The van der Waals surface area contributed by atoms with Gasteiger partial charge in [0.05, 0.1) is 18.6 Å². The largest absolute Gasteiger partial charge is 0.496 e. The molecule has 0 unspecified atom stereocenters. The summed E-state index contributed by atoms with van der Waals surface area (Å²) >= 11 is 3.39. The number of hydrogen-bond acceptors (Lipinski definition) is 4. The first kappa shape index (κ1) is 13.7. The van der Waals surface area contributed by atoms with Crippen LogP contribution in [-0.2, 0) is 11.3 Å². The highest BCUT2D eigenvalue weighted by Crippen LogP contribution is 2.29. The number of rotatable bonds is 5. The van der Waals surface area contributed by atoms with E-state index in [1.165, 1.54) is 13.2 Å². The van der Waals surface area contributed by atoms with Gasteiger partial charge in [-0.3, -0.25) is 10.1 Å². The molecule has 0 radical (unpaired) electrons. The molecule has 0 heterocycles. The normalized spacial score (nSPS) is 10.8. The molecule has 0 N–H and O–H groups in total. The van der Waals surface area contributed by atoms with Crippen molar-refractivity contribution in [3.8, 4) is 5.75 Å². The van der Waals surface area contributed by atoms with Gasteiger partial charge in [-0.1, -0.05) is 15.9 Å². The summed E-state index contributed by atoms with van der Waals surface area (Å²) in [6.07, 6.45) is 2.27. The zero-order valence-corrected chi connectivity index (χ0v) is 11.1. The fourth-order valence-corrected chi connectivity index (χ4v) is 1.77. The second-order valence-corrected chi connectivity index (χ2v) is 4.07. The van der Waals surface area contributed by atoms with E-state index in [1.807, 2.05) is 0 Å². The van der Waals surface area contributed by atoms with Crippen LogP contribution in [0.4, 0.5) is 0 Å². The first-order valence-corrected chi connectivity index (χ1v) is 5.54. The SMILES string of the molecule is COCc1cc(/C=C/[N+](=O)[O-])c(OC)cc1Br. The summed E-state index contributed by atoms with van der Waals surface area (Å²) in [5.74, 6) is 0.565. The fourth-order valence-electron chi connectivity index (χ4n) is 1.33. The highest BCUT2D eigenvalue weighted by Gasteiger charge is 2.07. The molecule has 0 amide bonds. The molecule has 0 aliphatic carbocycles. The third-order valence-electron chi connectivity index (χ3n) is 2.07. The molecule has 1 rings (SSSR count). The Hall–Kier alpha value is -1.40. The van der Waals surface area contributed by atoms with Gasteiger partial charge in [0.25, 0.3) is 0 Å². The Morgan fingerprint density at radius 1 is 1.47 bits per heavy atom. The number of ether oxygens (including phenoxy) is 2. The summed E-state index contributed by atoms with van der Waals surface area (Å²) < 4.78 is 11.0. The van der Waals surface area contributed by atoms with E-state index in [-0.39, 0.29) is 0 Å². The number of hydrogen-bond donors (Lipinski definition) is 0. The molecule has 0 aliphatic rings. The zero-order valence-electron chi connectivity index (χ0n) is 9.47. The minimum Gasteiger partial charge on any atom is -0.496 e. The molecule has 0 saturated heterocycles. The Balaban J connectivity index is 3.16. The predicted octanol–water partition coefficient (Wildman–Crippen LogP) is 2.85. The van der Waals surface area contributed by atoms with Gasteiger partial charge in [-0.15, -0.1) is 0 Å². The van der Waals surface area contributed by atoms with Crippen LogP contribution in [0.5, 0.6) is 5.75 Å². The molecule has 1 aromatic rings. The molecular formula is C11H12BrNO4. The highest BCUT2D eigenvalue weighted by molar-refractivity contribution is 9.10. The second-order valence-electron chi connectivity index (χ2n) is 3.22. The molecule has 0 aromatic heterocycles. The second kappa shape index (κ2) is 6.36. The van der Waals surface area contributed by atoms with E-state index in [0.717, 1.165) is 16.2 Å². The molecule has 17 heavy (non-hydrogen) atoms. The van der Waals surface area contributed by atoms with E-state index in [2.05, 4.69) is 15.9 Å². The minimum atomic E-state index is -0.516. The molecule has 92 valence electrons. The van der Waals surface area contributed by atoms with Gasteiger partial charge in [-0.2, -0.15) is 0 Å². The highest BCUT2D eigenvalue weighted by atomic mass is 79.9. The average molecular weight is 302 g/mol. The molecule has 0 spiro atoms. The van der Waals surface area contributed by atoms with Gasteiger partial charge in [0.2, 0.25) is 6.20 Å². The van der Waals surface area contributed by atoms with Gasteiger partial charge in [-0.25, -0.2) is 0 Å². The van der Waals surface area contributed by atoms with E-state index in [1.54, 1.807) is 19.2 Å². The number of methoxy groups -OCH3 is 2. The lowest BCUT2D eigenvalue weighted by Crippen LogP contribution is -1.94. The smallest absolute Gasteiger partial charge is 0.235 e. The summed E-state index contributed by atoms with van der Waals surface area (Å²) in [6.45, 7) is 0.421. The van der Waals surface area contributed by atoms with E-state index < -0.39 is 4.92 Å². The Bertz CT molecular complexity index is 445. The monoisotopic (exact) mass is 301 g/mol. The topological polar surface area (TPSA) is 61.6 Å². The Morgan fingerprint density at radius 3 is 2.71 bits per heavy atom. The lowest BCUT2D eigenvalue weighted by Gasteiger charge is -2.09. The summed E-state index contributed by atoms with van der Waals surface area (Å²) in [7, 11) is 3.10. The van der Waals surface area contributed by atoms with Gasteiger partial charge < -0.3 is 9.47 Å². The summed E-state index contributed by atoms with van der Waals surface area (Å²) in [4.78, 5) is 9.78. The van der Waals surface area contributed by atoms with Crippen LogP contribution in [0.3, 0.4) is 0 Å². The third-order valence-corrected chi connectivity index (χ3v) is 2.81. The number of nitrogens with zero attached hydrogens (tertiary/aromatic N) is 1. The van der Waals surface area contributed by atoms with Crippen LogP contribution >= 0.6 is 15.9 Å². The first-order chi connectivity index (χ1) is 8.08. The van der Waals surface area contributed by atoms with Crippen molar-refractivity contribution in [2.75, 3.05) is 14.2 Å². The third kappa shape index (κ3) is 3.83. The Kier molecular flexibility index (Phi) is 5.11. The van der Waals surface area contributed by atoms with Crippen LogP contribution < -0.4 is 4.74 Å². The summed E-state index contributed by atoms with van der Waals surface area (Å²) in [5, 5.41) is 10.3. The lowest BCUT2D eigenvalue weighted by atomic mass is 10.1. The van der Waals surface area contributed by atoms with Crippen LogP contribution in [0.25, 0.3) is 6.08 Å². The molecule has 1 aromatic carbocycles. The summed E-state index contributed by atoms with van der Waals surface area (Å²) in [6, 6.07) is 3.54. The van der Waals surface area contributed by atoms with Crippen molar-refractivity contribution < 1.29 is 14.4 Å². The van der Waals surface area contributed by atoms with Crippen molar-refractivity contribution >= 4 is 22.0 Å². The maximum Gasteiger partial charge on any atom is 0.235 e. The Morgan fingerprint density at radius 2 is 2.18 bits per heavy atom. The number of nitro groups is 1. The number of benzene rings is 1. The van der Waals surface area contributed by atoms with Gasteiger partial charge >= 0.3 is 0 Å². The van der Waals surface area contributed by atoms with Crippen molar-refractivity contribution in [3.63, 3.8) is 0 Å². The van der Waals surface area contributed by atoms with Crippen molar-refractivity contribution in [3.05, 3.63) is 44.0 Å². The first-order valence-electron chi connectivity index (χ1n) is 4.75. The quantitative estimate of drug-likeness (QED) is 0.620. The Labute approximate surface area is 107 Å². The standard InChI is InChI=1S/C11H12BrNO4/c1-16-7-9-5-8(3-4-13(14)15)11(17-2)6-10(9)12/h3-6H,7H2,1-2H3/b4-3+. The average Bonchev–Trinajstić information content (AvgIpc) is 2.29. The van der Waals surface area contributed by atoms with Crippen LogP contribution in [0.15, 0.2) is 22.8 Å². The lowest BCUT2D eigenvalue weighted by molar-refractivity contribution is -0.400. The van der Waals surface area contributed by atoms with Crippen molar-refractivity contribution in [1.82, 2.24) is 0 Å². The van der Waals surface area contributed by atoms with E-state index >= 15 is 0 Å². The maximum absolute atomic E-state index is 10.3. The number of halogens is 1. The molecule has 6 heteroatoms. The van der Waals surface area contributed by atoms with Gasteiger partial charge in [0, 0.05) is 23.2 Å². The minimum absolute atomic E-state index is 0.421. The van der Waals surface area contributed by atoms with Crippen LogP contribution in [0.1, 0.15) is 11.1 Å². The van der Waals surface area contributed by atoms with E-state index in [4.69, 9.17) is 9.47 Å². The maximum atomic E-state index is 10.3. The van der Waals surface area contributed by atoms with Crippen LogP contribution in [0, 0.1) is 10.1 Å². The predicted molar refractivity (Wildman–Crippen MR) is 67.4 cm³/mol. The molecule has 0 saturated carbocycles. The zero-order chi connectivity index (χ0) is 12.8. The van der Waals surface area contributed by atoms with E-state index in [9.17, 15) is 10.1 Å². The van der Waals surface area contributed by atoms with Crippen LogP contribution in [0.2, 0.25) is 0 Å². The van der Waals surface area contributed by atoms with Crippen molar-refractivity contribution in [2.24, 2.45) is 0 Å². The molecule has 5 nitrogen and oxygen atoms in total.